The van der Waals surface area contributed by atoms with E-state index in [0.717, 1.165) is 5.56 Å². The van der Waals surface area contributed by atoms with Gasteiger partial charge in [-0.15, -0.1) is 0 Å². The fourth-order valence-electron chi connectivity index (χ4n) is 2.24. The number of carbonyl (C=O) groups excluding carboxylic acids is 1. The predicted octanol–water partition coefficient (Wildman–Crippen LogP) is 3.33. The number of aryl methyl sites for hydroxylation is 1. The second kappa shape index (κ2) is 7.36. The highest BCUT2D eigenvalue weighted by atomic mass is 16.4. The summed E-state index contributed by atoms with van der Waals surface area (Å²) in [6, 6.07) is 10.2. The van der Waals surface area contributed by atoms with Crippen LogP contribution in [0.4, 0.5) is 5.69 Å². The fourth-order valence-corrected chi connectivity index (χ4v) is 2.24. The second-order valence-corrected chi connectivity index (χ2v) is 5.49. The van der Waals surface area contributed by atoms with Crippen molar-refractivity contribution in [3.8, 4) is 11.8 Å². The molecular weight excluding hydrogens is 332 g/mol. The van der Waals surface area contributed by atoms with Crippen LogP contribution in [0.25, 0.3) is 0 Å². The lowest BCUT2D eigenvalue weighted by Gasteiger charge is -2.04. The molecule has 2 aromatic heterocycles. The van der Waals surface area contributed by atoms with E-state index in [-0.39, 0.29) is 17.2 Å². The largest absolute Gasteiger partial charge is 0.478 e. The molecule has 0 aliphatic heterocycles. The monoisotopic (exact) mass is 346 g/mol. The highest BCUT2D eigenvalue weighted by Gasteiger charge is 2.12. The van der Waals surface area contributed by atoms with Gasteiger partial charge in [-0.3, -0.25) is 9.78 Å². The first-order valence-corrected chi connectivity index (χ1v) is 7.69. The molecule has 0 radical (unpaired) electrons. The summed E-state index contributed by atoms with van der Waals surface area (Å²) in [6.45, 7) is 1.79. The first kappa shape index (κ1) is 17.0. The van der Waals surface area contributed by atoms with Crippen molar-refractivity contribution in [1.82, 2.24) is 4.98 Å². The summed E-state index contributed by atoms with van der Waals surface area (Å²) in [5.41, 5.74) is 2.57. The minimum absolute atomic E-state index is 0.0756. The van der Waals surface area contributed by atoms with Gasteiger partial charge >= 0.3 is 5.97 Å². The van der Waals surface area contributed by atoms with E-state index in [9.17, 15) is 9.59 Å². The Morgan fingerprint density at radius 3 is 2.65 bits per heavy atom. The normalized spacial score (nSPS) is 9.88. The maximum absolute atomic E-state index is 12.2. The minimum Gasteiger partial charge on any atom is -0.478 e. The van der Waals surface area contributed by atoms with Crippen LogP contribution in [0.1, 0.15) is 37.6 Å². The van der Waals surface area contributed by atoms with Crippen LogP contribution in [-0.2, 0) is 0 Å². The molecule has 0 aliphatic rings. The van der Waals surface area contributed by atoms with Crippen LogP contribution in [0, 0.1) is 18.8 Å². The quantitative estimate of drug-likeness (QED) is 0.710. The molecule has 2 N–H and O–H groups in total. The summed E-state index contributed by atoms with van der Waals surface area (Å²) in [7, 11) is 0. The van der Waals surface area contributed by atoms with Crippen molar-refractivity contribution >= 4 is 17.6 Å². The lowest BCUT2D eigenvalue weighted by molar-refractivity contribution is 0.0696. The van der Waals surface area contributed by atoms with E-state index in [1.165, 1.54) is 24.7 Å². The van der Waals surface area contributed by atoms with E-state index in [0.29, 0.717) is 16.8 Å². The first-order chi connectivity index (χ1) is 12.5. The lowest BCUT2D eigenvalue weighted by Crippen LogP contribution is -2.12. The van der Waals surface area contributed by atoms with Crippen molar-refractivity contribution in [2.75, 3.05) is 5.32 Å². The number of aromatic carboxylic acids is 1. The number of nitrogens with one attached hydrogen (secondary N) is 1. The van der Waals surface area contributed by atoms with Gasteiger partial charge in [0.25, 0.3) is 5.91 Å². The molecule has 0 saturated heterocycles. The number of pyridine rings is 1. The smallest absolute Gasteiger partial charge is 0.337 e. The number of carbonyl (C=O) groups is 2. The molecular formula is C20H14N2O4. The third-order valence-corrected chi connectivity index (χ3v) is 3.53. The average molecular weight is 346 g/mol. The van der Waals surface area contributed by atoms with Gasteiger partial charge in [0.2, 0.25) is 0 Å². The molecule has 1 amide bonds. The van der Waals surface area contributed by atoms with Gasteiger partial charge in [0.1, 0.15) is 0 Å². The number of nitrogens with zero attached hydrogens (tertiary/aromatic N) is 1. The standard InChI is InChI=1S/C20H14N2O4/c1-13-7-8-26-18(13)19(23)22-17-4-2-3-14(10-17)5-6-15-9-16(20(24)25)12-21-11-15/h2-4,7-12H,1H3,(H,22,23)(H,24,25). The number of aromatic nitrogens is 1. The van der Waals surface area contributed by atoms with Gasteiger partial charge < -0.3 is 14.8 Å². The number of carboxylic acids is 1. The van der Waals surface area contributed by atoms with Gasteiger partial charge in [0.15, 0.2) is 5.76 Å². The maximum atomic E-state index is 12.2. The summed E-state index contributed by atoms with van der Waals surface area (Å²) in [4.78, 5) is 27.0. The van der Waals surface area contributed by atoms with Crippen molar-refractivity contribution in [3.05, 3.63) is 83.1 Å². The van der Waals surface area contributed by atoms with Gasteiger partial charge in [-0.25, -0.2) is 4.79 Å². The van der Waals surface area contributed by atoms with Crippen LogP contribution in [0.5, 0.6) is 0 Å². The molecule has 0 spiro atoms. The summed E-state index contributed by atoms with van der Waals surface area (Å²) in [5.74, 6) is 4.66. The molecule has 6 heteroatoms. The van der Waals surface area contributed by atoms with Crippen molar-refractivity contribution in [1.29, 1.82) is 0 Å². The second-order valence-electron chi connectivity index (χ2n) is 5.49. The van der Waals surface area contributed by atoms with Crippen LogP contribution in [-0.4, -0.2) is 22.0 Å². The van der Waals surface area contributed by atoms with Gasteiger partial charge in [-0.05, 0) is 37.3 Å². The molecule has 1 aromatic carbocycles. The molecule has 3 rings (SSSR count). The van der Waals surface area contributed by atoms with Crippen molar-refractivity contribution in [3.63, 3.8) is 0 Å². The highest BCUT2D eigenvalue weighted by molar-refractivity contribution is 6.03. The van der Waals surface area contributed by atoms with Crippen LogP contribution in [0.3, 0.4) is 0 Å². The third kappa shape index (κ3) is 3.97. The van der Waals surface area contributed by atoms with E-state index < -0.39 is 5.97 Å². The van der Waals surface area contributed by atoms with Crippen molar-refractivity contribution in [2.45, 2.75) is 6.92 Å². The SMILES string of the molecule is Cc1ccoc1C(=O)Nc1cccc(C#Cc2cncc(C(=O)O)c2)c1. The summed E-state index contributed by atoms with van der Waals surface area (Å²) >= 11 is 0. The van der Waals surface area contributed by atoms with Gasteiger partial charge in [-0.1, -0.05) is 17.9 Å². The van der Waals surface area contributed by atoms with E-state index in [2.05, 4.69) is 22.1 Å². The van der Waals surface area contributed by atoms with Crippen LogP contribution in [0.15, 0.2) is 59.5 Å². The van der Waals surface area contributed by atoms with E-state index in [4.69, 9.17) is 9.52 Å². The first-order valence-electron chi connectivity index (χ1n) is 7.69. The van der Waals surface area contributed by atoms with E-state index in [1.54, 1.807) is 37.3 Å². The van der Waals surface area contributed by atoms with Crippen LogP contribution >= 0.6 is 0 Å². The molecule has 0 aliphatic carbocycles. The van der Waals surface area contributed by atoms with Crippen LogP contribution < -0.4 is 5.32 Å². The number of amides is 1. The zero-order valence-electron chi connectivity index (χ0n) is 13.8. The Hall–Kier alpha value is -3.85. The average Bonchev–Trinajstić information content (AvgIpc) is 3.07. The zero-order chi connectivity index (χ0) is 18.5. The number of rotatable bonds is 3. The molecule has 26 heavy (non-hydrogen) atoms. The molecule has 2 heterocycles. The molecule has 0 saturated carbocycles. The minimum atomic E-state index is -1.06. The Morgan fingerprint density at radius 1 is 1.12 bits per heavy atom. The number of hydrogen-bond donors (Lipinski definition) is 2. The Kier molecular flexibility index (Phi) is 4.81. The number of benzene rings is 1. The van der Waals surface area contributed by atoms with Gasteiger partial charge in [0, 0.05) is 34.8 Å². The van der Waals surface area contributed by atoms with E-state index in [1.807, 2.05) is 0 Å². The molecule has 3 aromatic rings. The van der Waals surface area contributed by atoms with Crippen LogP contribution in [0.2, 0.25) is 0 Å². The van der Waals surface area contributed by atoms with Gasteiger partial charge in [0.05, 0.1) is 11.8 Å². The van der Waals surface area contributed by atoms with Gasteiger partial charge in [-0.2, -0.15) is 0 Å². The molecule has 128 valence electrons. The van der Waals surface area contributed by atoms with Crippen molar-refractivity contribution < 1.29 is 19.1 Å². The number of furan rings is 1. The maximum Gasteiger partial charge on any atom is 0.337 e. The number of carboxylic acid groups (broad SMARTS) is 1. The topological polar surface area (TPSA) is 92.4 Å². The molecule has 0 atom stereocenters. The molecule has 0 unspecified atom stereocenters. The summed E-state index contributed by atoms with van der Waals surface area (Å²) in [5, 5.41) is 11.7. The van der Waals surface area contributed by atoms with Crippen molar-refractivity contribution in [2.24, 2.45) is 0 Å². The predicted molar refractivity (Wildman–Crippen MR) is 95.0 cm³/mol. The zero-order valence-corrected chi connectivity index (χ0v) is 13.8. The number of anilines is 1. The Bertz CT molecular complexity index is 1040. The fraction of sp³-hybridized carbons (Fsp3) is 0.0500. The Morgan fingerprint density at radius 2 is 1.92 bits per heavy atom. The highest BCUT2D eigenvalue weighted by Crippen LogP contribution is 2.14. The third-order valence-electron chi connectivity index (χ3n) is 3.53. The Labute approximate surface area is 149 Å². The molecule has 0 fully saturated rings. The molecule has 6 nitrogen and oxygen atoms in total. The number of hydrogen-bond acceptors (Lipinski definition) is 4. The summed E-state index contributed by atoms with van der Waals surface area (Å²) in [6.07, 6.45) is 4.22. The summed E-state index contributed by atoms with van der Waals surface area (Å²) < 4.78 is 5.17. The van der Waals surface area contributed by atoms with E-state index >= 15 is 0 Å². The molecule has 0 bridgehead atoms. The lowest BCUT2D eigenvalue weighted by atomic mass is 10.1. The Balaban J connectivity index is 1.78.